The molecule has 1 aromatic carbocycles. The second-order valence-corrected chi connectivity index (χ2v) is 5.22. The number of hydrogen-bond acceptors (Lipinski definition) is 2. The van der Waals surface area contributed by atoms with E-state index in [9.17, 15) is 22.8 Å². The summed E-state index contributed by atoms with van der Waals surface area (Å²) >= 11 is 5.62. The number of alkyl halides is 3. The molecule has 0 heterocycles. The minimum Gasteiger partial charge on any atom is -0.480 e. The van der Waals surface area contributed by atoms with Crippen molar-refractivity contribution >= 4 is 23.5 Å². The molecule has 0 spiro atoms. The predicted molar refractivity (Wildman–Crippen MR) is 68.1 cm³/mol. The molecular weight excluding hydrogens is 311 g/mol. The van der Waals surface area contributed by atoms with Crippen LogP contribution in [-0.4, -0.2) is 34.5 Å². The molecule has 4 nitrogen and oxygen atoms in total. The molecule has 8 heteroatoms. The molecule has 1 saturated carbocycles. The third-order valence-corrected chi connectivity index (χ3v) is 3.24. The van der Waals surface area contributed by atoms with Gasteiger partial charge in [-0.2, -0.15) is 13.2 Å². The zero-order valence-corrected chi connectivity index (χ0v) is 11.4. The molecule has 2 rings (SSSR count). The summed E-state index contributed by atoms with van der Waals surface area (Å²) in [6, 6.07) is 2.28. The Labute approximate surface area is 123 Å². The van der Waals surface area contributed by atoms with Gasteiger partial charge < -0.3 is 10.0 Å². The summed E-state index contributed by atoms with van der Waals surface area (Å²) in [5.74, 6) is -1.97. The van der Waals surface area contributed by atoms with E-state index in [0.29, 0.717) is 18.9 Å². The van der Waals surface area contributed by atoms with Crippen molar-refractivity contribution in [2.45, 2.75) is 25.1 Å². The van der Waals surface area contributed by atoms with E-state index in [1.165, 1.54) is 0 Å². The van der Waals surface area contributed by atoms with Gasteiger partial charge >= 0.3 is 12.1 Å². The van der Waals surface area contributed by atoms with E-state index in [1.54, 1.807) is 0 Å². The second kappa shape index (κ2) is 5.55. The standard InChI is InChI=1S/C13H11ClF3NO3/c14-9-4-7(3-8(5-9)13(15,16)17)12(21)18(6-11(19)20)10-1-2-10/h3-5,10H,1-2,6H2,(H,19,20). The Morgan fingerprint density at radius 3 is 2.38 bits per heavy atom. The molecule has 0 aromatic heterocycles. The summed E-state index contributed by atoms with van der Waals surface area (Å²) in [6.45, 7) is -0.544. The van der Waals surface area contributed by atoms with Crippen molar-refractivity contribution in [3.8, 4) is 0 Å². The summed E-state index contributed by atoms with van der Waals surface area (Å²) in [4.78, 5) is 24.1. The topological polar surface area (TPSA) is 57.6 Å². The fourth-order valence-electron chi connectivity index (χ4n) is 1.94. The van der Waals surface area contributed by atoms with E-state index in [2.05, 4.69) is 0 Å². The van der Waals surface area contributed by atoms with Gasteiger partial charge in [-0.1, -0.05) is 11.6 Å². The maximum absolute atomic E-state index is 12.7. The fourth-order valence-corrected chi connectivity index (χ4v) is 2.18. The Morgan fingerprint density at radius 2 is 1.90 bits per heavy atom. The van der Waals surface area contributed by atoms with Crippen molar-refractivity contribution in [2.24, 2.45) is 0 Å². The number of carboxylic acid groups (broad SMARTS) is 1. The molecule has 0 saturated heterocycles. The third-order valence-electron chi connectivity index (χ3n) is 3.03. The molecule has 1 amide bonds. The van der Waals surface area contributed by atoms with Crippen LogP contribution in [-0.2, 0) is 11.0 Å². The van der Waals surface area contributed by atoms with Crippen molar-refractivity contribution in [1.29, 1.82) is 0 Å². The summed E-state index contributed by atoms with van der Waals surface area (Å²) < 4.78 is 38.1. The first-order chi connectivity index (χ1) is 9.68. The van der Waals surface area contributed by atoms with Gasteiger partial charge in [-0.15, -0.1) is 0 Å². The first kappa shape index (κ1) is 15.6. The van der Waals surface area contributed by atoms with Gasteiger partial charge in [0.15, 0.2) is 0 Å². The van der Waals surface area contributed by atoms with Crippen molar-refractivity contribution in [3.05, 3.63) is 34.3 Å². The largest absolute Gasteiger partial charge is 0.480 e. The molecule has 0 radical (unpaired) electrons. The van der Waals surface area contributed by atoms with Crippen LogP contribution < -0.4 is 0 Å². The maximum Gasteiger partial charge on any atom is 0.416 e. The molecule has 1 aliphatic carbocycles. The van der Waals surface area contributed by atoms with Crippen LogP contribution in [0.3, 0.4) is 0 Å². The first-order valence-electron chi connectivity index (χ1n) is 6.09. The van der Waals surface area contributed by atoms with E-state index >= 15 is 0 Å². The van der Waals surface area contributed by atoms with Crippen molar-refractivity contribution in [2.75, 3.05) is 6.54 Å². The van der Waals surface area contributed by atoms with Crippen molar-refractivity contribution in [1.82, 2.24) is 4.90 Å². The van der Waals surface area contributed by atoms with Crippen molar-refractivity contribution in [3.63, 3.8) is 0 Å². The smallest absolute Gasteiger partial charge is 0.416 e. The van der Waals surface area contributed by atoms with Gasteiger partial charge in [-0.25, -0.2) is 0 Å². The van der Waals surface area contributed by atoms with Gasteiger partial charge in [0, 0.05) is 16.6 Å². The molecule has 1 aliphatic rings. The average Bonchev–Trinajstić information content (AvgIpc) is 3.17. The Morgan fingerprint density at radius 1 is 1.29 bits per heavy atom. The lowest BCUT2D eigenvalue weighted by molar-refractivity contribution is -0.138. The molecular formula is C13H11ClF3NO3. The van der Waals surface area contributed by atoms with Crippen LogP contribution in [0.5, 0.6) is 0 Å². The maximum atomic E-state index is 12.7. The number of nitrogens with zero attached hydrogens (tertiary/aromatic N) is 1. The molecule has 1 aromatic rings. The van der Waals surface area contributed by atoms with Gasteiger partial charge in [0.1, 0.15) is 6.54 Å². The van der Waals surface area contributed by atoms with E-state index in [4.69, 9.17) is 16.7 Å². The Bertz CT molecular complexity index is 585. The fraction of sp³-hybridized carbons (Fsp3) is 0.385. The molecule has 21 heavy (non-hydrogen) atoms. The lowest BCUT2D eigenvalue weighted by atomic mass is 10.1. The van der Waals surface area contributed by atoms with E-state index in [1.807, 2.05) is 0 Å². The normalized spacial score (nSPS) is 14.9. The van der Waals surface area contributed by atoms with Crippen LogP contribution in [0.2, 0.25) is 5.02 Å². The first-order valence-corrected chi connectivity index (χ1v) is 6.47. The highest BCUT2D eigenvalue weighted by atomic mass is 35.5. The highest BCUT2D eigenvalue weighted by molar-refractivity contribution is 6.31. The number of carbonyl (C=O) groups excluding carboxylic acids is 1. The third kappa shape index (κ3) is 3.87. The van der Waals surface area contributed by atoms with Crippen LogP contribution in [0.4, 0.5) is 13.2 Å². The van der Waals surface area contributed by atoms with Gasteiger partial charge in [0.05, 0.1) is 5.56 Å². The molecule has 114 valence electrons. The van der Waals surface area contributed by atoms with Crippen LogP contribution in [0, 0.1) is 0 Å². The lowest BCUT2D eigenvalue weighted by Gasteiger charge is -2.21. The minimum absolute atomic E-state index is 0.223. The molecule has 0 aliphatic heterocycles. The van der Waals surface area contributed by atoms with Gasteiger partial charge in [0.25, 0.3) is 5.91 Å². The van der Waals surface area contributed by atoms with Crippen molar-refractivity contribution < 1.29 is 27.9 Å². The lowest BCUT2D eigenvalue weighted by Crippen LogP contribution is -2.37. The number of amides is 1. The number of benzene rings is 1. The van der Waals surface area contributed by atoms with E-state index in [0.717, 1.165) is 17.0 Å². The Hall–Kier alpha value is -1.76. The van der Waals surface area contributed by atoms with E-state index < -0.39 is 30.2 Å². The number of halogens is 4. The SMILES string of the molecule is O=C(O)CN(C(=O)c1cc(Cl)cc(C(F)(F)F)c1)C1CC1. The monoisotopic (exact) mass is 321 g/mol. The molecule has 0 unspecified atom stereocenters. The highest BCUT2D eigenvalue weighted by Gasteiger charge is 2.36. The zero-order chi connectivity index (χ0) is 15.8. The predicted octanol–water partition coefficient (Wildman–Crippen LogP) is 3.05. The number of rotatable bonds is 4. The van der Waals surface area contributed by atoms with Gasteiger partial charge in [-0.3, -0.25) is 9.59 Å². The van der Waals surface area contributed by atoms with Gasteiger partial charge in [0.2, 0.25) is 0 Å². The Kier molecular flexibility index (Phi) is 4.13. The highest BCUT2D eigenvalue weighted by Crippen LogP contribution is 2.33. The van der Waals surface area contributed by atoms with Gasteiger partial charge in [-0.05, 0) is 31.0 Å². The molecule has 0 bridgehead atoms. The minimum atomic E-state index is -4.63. The zero-order valence-electron chi connectivity index (χ0n) is 10.7. The molecule has 1 fully saturated rings. The summed E-state index contributed by atoms with van der Waals surface area (Å²) in [6.07, 6.45) is -3.34. The number of carboxylic acids is 1. The summed E-state index contributed by atoms with van der Waals surface area (Å²) in [7, 11) is 0. The Balaban J connectivity index is 2.33. The van der Waals surface area contributed by atoms with Crippen LogP contribution in [0.25, 0.3) is 0 Å². The summed E-state index contributed by atoms with van der Waals surface area (Å²) in [5, 5.41) is 8.57. The quantitative estimate of drug-likeness (QED) is 0.927. The number of hydrogen-bond donors (Lipinski definition) is 1. The van der Waals surface area contributed by atoms with Crippen LogP contribution in [0.15, 0.2) is 18.2 Å². The molecule has 0 atom stereocenters. The average molecular weight is 322 g/mol. The van der Waals surface area contributed by atoms with Crippen LogP contribution in [0.1, 0.15) is 28.8 Å². The molecule has 1 N–H and O–H groups in total. The van der Waals surface area contributed by atoms with Crippen LogP contribution >= 0.6 is 11.6 Å². The second-order valence-electron chi connectivity index (χ2n) is 4.78. The van der Waals surface area contributed by atoms with E-state index in [-0.39, 0.29) is 16.6 Å². The number of carbonyl (C=O) groups is 2. The number of aliphatic carboxylic acids is 1. The summed E-state index contributed by atoms with van der Waals surface area (Å²) in [5.41, 5.74) is -1.30.